The Hall–Kier alpha value is -1.59. The number of unbranched alkanes of at least 4 members (excludes halogenated alkanes) is 1. The number of aromatic nitrogens is 2. The van der Waals surface area contributed by atoms with Gasteiger partial charge in [0.25, 0.3) is 0 Å². The molecule has 0 aliphatic heterocycles. The molecule has 4 N–H and O–H groups in total. The molecular weight excluding hydrogens is 228 g/mol. The highest BCUT2D eigenvalue weighted by atomic mass is 16.1. The molecule has 0 aliphatic rings. The topological polar surface area (TPSA) is 72.7 Å². The van der Waals surface area contributed by atoms with Crippen LogP contribution in [0.3, 0.4) is 0 Å². The zero-order valence-corrected chi connectivity index (χ0v) is 10.7. The Morgan fingerprint density at radius 2 is 1.89 bits per heavy atom. The fourth-order valence-corrected chi connectivity index (χ4v) is 1.97. The van der Waals surface area contributed by atoms with Crippen molar-refractivity contribution < 1.29 is 0 Å². The first-order valence-electron chi connectivity index (χ1n) is 6.36. The van der Waals surface area contributed by atoms with E-state index in [1.54, 1.807) is 0 Å². The number of benzene rings is 1. The summed E-state index contributed by atoms with van der Waals surface area (Å²) in [6.07, 6.45) is 2.36. The molecule has 18 heavy (non-hydrogen) atoms. The number of hydrogen-bond acceptors (Lipinski definition) is 3. The van der Waals surface area contributed by atoms with E-state index in [1.165, 1.54) is 18.4 Å². The summed E-state index contributed by atoms with van der Waals surface area (Å²) in [4.78, 5) is 16.6. The molecule has 0 atom stereocenters. The van der Waals surface area contributed by atoms with Gasteiger partial charge in [-0.1, -0.05) is 6.07 Å². The molecule has 5 heteroatoms. The first kappa shape index (κ1) is 12.9. The van der Waals surface area contributed by atoms with Gasteiger partial charge in [-0.05, 0) is 50.7 Å². The van der Waals surface area contributed by atoms with Crippen molar-refractivity contribution in [2.75, 3.05) is 20.1 Å². The van der Waals surface area contributed by atoms with Gasteiger partial charge in [-0.15, -0.1) is 0 Å². The van der Waals surface area contributed by atoms with E-state index in [4.69, 9.17) is 0 Å². The Balaban J connectivity index is 1.82. The first-order valence-corrected chi connectivity index (χ1v) is 6.36. The lowest BCUT2D eigenvalue weighted by Gasteiger charge is -2.05. The minimum atomic E-state index is -0.151. The molecule has 98 valence electrons. The molecule has 0 radical (unpaired) electrons. The van der Waals surface area contributed by atoms with Gasteiger partial charge in [0.2, 0.25) is 0 Å². The van der Waals surface area contributed by atoms with Gasteiger partial charge in [-0.25, -0.2) is 4.79 Å². The Kier molecular flexibility index (Phi) is 4.55. The van der Waals surface area contributed by atoms with Crippen LogP contribution >= 0.6 is 0 Å². The number of imidazole rings is 1. The molecule has 0 saturated carbocycles. The summed E-state index contributed by atoms with van der Waals surface area (Å²) in [5, 5.41) is 6.54. The van der Waals surface area contributed by atoms with E-state index in [0.717, 1.165) is 30.7 Å². The van der Waals surface area contributed by atoms with Crippen molar-refractivity contribution in [3.8, 4) is 0 Å². The predicted octanol–water partition coefficient (Wildman–Crippen LogP) is 0.945. The van der Waals surface area contributed by atoms with Crippen LogP contribution in [0.1, 0.15) is 18.4 Å². The first-order chi connectivity index (χ1) is 8.79. The summed E-state index contributed by atoms with van der Waals surface area (Å²) < 4.78 is 0. The fourth-order valence-electron chi connectivity index (χ4n) is 1.97. The maximum Gasteiger partial charge on any atom is 0.323 e. The van der Waals surface area contributed by atoms with Crippen molar-refractivity contribution in [1.29, 1.82) is 0 Å². The van der Waals surface area contributed by atoms with Crippen molar-refractivity contribution in [1.82, 2.24) is 20.6 Å². The van der Waals surface area contributed by atoms with Crippen LogP contribution in [-0.4, -0.2) is 30.1 Å². The second-order valence-corrected chi connectivity index (χ2v) is 4.45. The SMILES string of the molecule is CNCCCCNCc1ccc2[nH]c(=O)[nH]c2c1. The minimum Gasteiger partial charge on any atom is -0.320 e. The average Bonchev–Trinajstić information content (AvgIpc) is 2.73. The molecule has 1 heterocycles. The van der Waals surface area contributed by atoms with Gasteiger partial charge in [0, 0.05) is 6.54 Å². The molecule has 2 rings (SSSR count). The van der Waals surface area contributed by atoms with Crippen LogP contribution in [0.4, 0.5) is 0 Å². The van der Waals surface area contributed by atoms with E-state index >= 15 is 0 Å². The number of aromatic amines is 2. The third-order valence-electron chi connectivity index (χ3n) is 2.94. The quantitative estimate of drug-likeness (QED) is 0.551. The summed E-state index contributed by atoms with van der Waals surface area (Å²) >= 11 is 0. The third kappa shape index (κ3) is 3.45. The van der Waals surface area contributed by atoms with E-state index in [2.05, 4.69) is 20.6 Å². The van der Waals surface area contributed by atoms with Gasteiger partial charge < -0.3 is 20.6 Å². The van der Waals surface area contributed by atoms with Crippen molar-refractivity contribution in [2.45, 2.75) is 19.4 Å². The Bertz CT molecular complexity index is 543. The molecule has 0 spiro atoms. The molecule has 5 nitrogen and oxygen atoms in total. The maximum absolute atomic E-state index is 11.1. The van der Waals surface area contributed by atoms with Crippen LogP contribution in [0, 0.1) is 0 Å². The highest BCUT2D eigenvalue weighted by Crippen LogP contribution is 2.09. The number of rotatable bonds is 7. The Labute approximate surface area is 106 Å². The standard InChI is InChI=1S/C13H20N4O/c1-14-6-2-3-7-15-9-10-4-5-11-12(8-10)17-13(18)16-11/h4-5,8,14-15H,2-3,6-7,9H2,1H3,(H2,16,17,18). The fraction of sp³-hybridized carbons (Fsp3) is 0.462. The van der Waals surface area contributed by atoms with Gasteiger partial charge in [-0.3, -0.25) is 0 Å². The normalized spacial score (nSPS) is 11.2. The smallest absolute Gasteiger partial charge is 0.320 e. The molecule has 0 aliphatic carbocycles. The monoisotopic (exact) mass is 248 g/mol. The second kappa shape index (κ2) is 6.37. The van der Waals surface area contributed by atoms with Crippen LogP contribution in [0.15, 0.2) is 23.0 Å². The third-order valence-corrected chi connectivity index (χ3v) is 2.94. The number of nitrogens with one attached hydrogen (secondary N) is 4. The summed E-state index contributed by atoms with van der Waals surface area (Å²) in [5.74, 6) is 0. The minimum absolute atomic E-state index is 0.151. The average molecular weight is 248 g/mol. The van der Waals surface area contributed by atoms with Crippen molar-refractivity contribution >= 4 is 11.0 Å². The lowest BCUT2D eigenvalue weighted by atomic mass is 10.2. The molecule has 1 aromatic carbocycles. The van der Waals surface area contributed by atoms with Crippen LogP contribution in [0.5, 0.6) is 0 Å². The van der Waals surface area contributed by atoms with Crippen LogP contribution in [0.2, 0.25) is 0 Å². The molecule has 0 unspecified atom stereocenters. The summed E-state index contributed by atoms with van der Waals surface area (Å²) in [5.41, 5.74) is 2.76. The molecule has 0 saturated heterocycles. The summed E-state index contributed by atoms with van der Waals surface area (Å²) in [6, 6.07) is 5.98. The van der Waals surface area contributed by atoms with Crippen molar-refractivity contribution in [2.24, 2.45) is 0 Å². The molecular formula is C13H20N4O. The highest BCUT2D eigenvalue weighted by molar-refractivity contribution is 5.74. The summed E-state index contributed by atoms with van der Waals surface area (Å²) in [7, 11) is 1.97. The Morgan fingerprint density at radius 1 is 1.11 bits per heavy atom. The second-order valence-electron chi connectivity index (χ2n) is 4.45. The van der Waals surface area contributed by atoms with E-state index in [1.807, 2.05) is 25.2 Å². The highest BCUT2D eigenvalue weighted by Gasteiger charge is 1.99. The van der Waals surface area contributed by atoms with E-state index in [-0.39, 0.29) is 5.69 Å². The van der Waals surface area contributed by atoms with Crippen LogP contribution in [0.25, 0.3) is 11.0 Å². The number of H-pyrrole nitrogens is 2. The summed E-state index contributed by atoms with van der Waals surface area (Å²) in [6.45, 7) is 2.92. The van der Waals surface area contributed by atoms with Gasteiger partial charge in [0.1, 0.15) is 0 Å². The van der Waals surface area contributed by atoms with Gasteiger partial charge in [-0.2, -0.15) is 0 Å². The van der Waals surface area contributed by atoms with Gasteiger partial charge >= 0.3 is 5.69 Å². The van der Waals surface area contributed by atoms with Gasteiger partial charge in [0.05, 0.1) is 11.0 Å². The van der Waals surface area contributed by atoms with E-state index in [0.29, 0.717) is 0 Å². The molecule has 0 amide bonds. The number of hydrogen-bond donors (Lipinski definition) is 4. The maximum atomic E-state index is 11.1. The van der Waals surface area contributed by atoms with Crippen molar-refractivity contribution in [3.05, 3.63) is 34.2 Å². The van der Waals surface area contributed by atoms with E-state index in [9.17, 15) is 4.79 Å². The Morgan fingerprint density at radius 3 is 2.72 bits per heavy atom. The zero-order valence-electron chi connectivity index (χ0n) is 10.7. The lowest BCUT2D eigenvalue weighted by Crippen LogP contribution is -2.16. The molecule has 2 aromatic rings. The largest absolute Gasteiger partial charge is 0.323 e. The molecule has 1 aromatic heterocycles. The van der Waals surface area contributed by atoms with Crippen molar-refractivity contribution in [3.63, 3.8) is 0 Å². The lowest BCUT2D eigenvalue weighted by molar-refractivity contribution is 0.606. The number of fused-ring (bicyclic) bond motifs is 1. The van der Waals surface area contributed by atoms with Crippen LogP contribution in [-0.2, 0) is 6.54 Å². The van der Waals surface area contributed by atoms with Gasteiger partial charge in [0.15, 0.2) is 0 Å². The van der Waals surface area contributed by atoms with Crippen LogP contribution < -0.4 is 16.3 Å². The van der Waals surface area contributed by atoms with E-state index < -0.39 is 0 Å². The zero-order chi connectivity index (χ0) is 12.8. The predicted molar refractivity (Wildman–Crippen MR) is 73.8 cm³/mol. The molecule has 0 bridgehead atoms. The molecule has 0 fully saturated rings.